The Balaban J connectivity index is 1.70. The molecule has 1 aromatic heterocycles. The maximum absolute atomic E-state index is 5.69. The minimum absolute atomic E-state index is 0.122. The van der Waals surface area contributed by atoms with Crippen molar-refractivity contribution in [3.8, 4) is 0 Å². The normalized spacial score (nSPS) is 15.6. The van der Waals surface area contributed by atoms with Crippen molar-refractivity contribution in [1.29, 1.82) is 0 Å². The Hall–Kier alpha value is -0.970. The van der Waals surface area contributed by atoms with Crippen LogP contribution in [0.2, 0.25) is 0 Å². The van der Waals surface area contributed by atoms with Crippen LogP contribution in [0.25, 0.3) is 0 Å². The van der Waals surface area contributed by atoms with Gasteiger partial charge in [0.2, 0.25) is 0 Å². The standard InChI is InChI=1S/C16H26N2O2/c1-16(2,19-3)9-10-20-12-15-6-4-5-14(18-15)11-17-13-7-8-13/h4-6,13,17H,7-12H2,1-3H3. The summed E-state index contributed by atoms with van der Waals surface area (Å²) in [6, 6.07) is 6.84. The van der Waals surface area contributed by atoms with Gasteiger partial charge in [-0.05, 0) is 45.2 Å². The third-order valence-electron chi connectivity index (χ3n) is 3.66. The first-order valence-corrected chi connectivity index (χ1v) is 7.40. The molecule has 4 nitrogen and oxygen atoms in total. The van der Waals surface area contributed by atoms with E-state index in [1.807, 2.05) is 6.07 Å². The summed E-state index contributed by atoms with van der Waals surface area (Å²) in [7, 11) is 1.73. The Morgan fingerprint density at radius 1 is 1.30 bits per heavy atom. The smallest absolute Gasteiger partial charge is 0.0887 e. The van der Waals surface area contributed by atoms with E-state index in [0.29, 0.717) is 19.3 Å². The van der Waals surface area contributed by atoms with E-state index in [-0.39, 0.29) is 5.60 Å². The molecule has 1 saturated carbocycles. The first-order chi connectivity index (χ1) is 9.59. The van der Waals surface area contributed by atoms with Gasteiger partial charge in [0.05, 0.1) is 23.6 Å². The number of hydrogen-bond donors (Lipinski definition) is 1. The van der Waals surface area contributed by atoms with Crippen LogP contribution in [-0.2, 0) is 22.6 Å². The molecule has 20 heavy (non-hydrogen) atoms. The molecule has 1 fully saturated rings. The first kappa shape index (κ1) is 15.4. The van der Waals surface area contributed by atoms with E-state index in [0.717, 1.165) is 24.4 Å². The summed E-state index contributed by atoms with van der Waals surface area (Å²) < 4.78 is 11.1. The van der Waals surface area contributed by atoms with Crippen molar-refractivity contribution in [2.45, 2.75) is 57.9 Å². The highest BCUT2D eigenvalue weighted by Crippen LogP contribution is 2.19. The molecule has 2 rings (SSSR count). The number of nitrogens with zero attached hydrogens (tertiary/aromatic N) is 1. The zero-order chi connectivity index (χ0) is 14.4. The van der Waals surface area contributed by atoms with Crippen LogP contribution < -0.4 is 5.32 Å². The van der Waals surface area contributed by atoms with Crippen molar-refractivity contribution in [1.82, 2.24) is 10.3 Å². The van der Waals surface area contributed by atoms with E-state index in [1.165, 1.54) is 12.8 Å². The SMILES string of the molecule is COC(C)(C)CCOCc1cccc(CNC2CC2)n1. The van der Waals surface area contributed by atoms with Gasteiger partial charge in [-0.3, -0.25) is 4.98 Å². The van der Waals surface area contributed by atoms with Crippen LogP contribution in [0.1, 0.15) is 44.5 Å². The van der Waals surface area contributed by atoms with Crippen LogP contribution in [0.15, 0.2) is 18.2 Å². The second-order valence-corrected chi connectivity index (χ2v) is 6.04. The average Bonchev–Trinajstić information content (AvgIpc) is 3.26. The fraction of sp³-hybridized carbons (Fsp3) is 0.688. The zero-order valence-electron chi connectivity index (χ0n) is 12.8. The predicted octanol–water partition coefficient (Wildman–Crippen LogP) is 2.67. The van der Waals surface area contributed by atoms with Crippen LogP contribution in [0, 0.1) is 0 Å². The summed E-state index contributed by atoms with van der Waals surface area (Å²) in [6.07, 6.45) is 3.49. The third-order valence-corrected chi connectivity index (χ3v) is 3.66. The molecule has 1 aliphatic carbocycles. The lowest BCUT2D eigenvalue weighted by atomic mass is 10.1. The zero-order valence-corrected chi connectivity index (χ0v) is 12.8. The minimum Gasteiger partial charge on any atom is -0.379 e. The summed E-state index contributed by atoms with van der Waals surface area (Å²) in [5.74, 6) is 0. The molecule has 0 atom stereocenters. The van der Waals surface area contributed by atoms with Crippen molar-refractivity contribution < 1.29 is 9.47 Å². The predicted molar refractivity (Wildman–Crippen MR) is 79.5 cm³/mol. The first-order valence-electron chi connectivity index (χ1n) is 7.40. The molecule has 0 saturated heterocycles. The molecule has 0 aromatic carbocycles. The Morgan fingerprint density at radius 2 is 2.05 bits per heavy atom. The molecular formula is C16H26N2O2. The van der Waals surface area contributed by atoms with E-state index in [1.54, 1.807) is 7.11 Å². The second kappa shape index (κ2) is 7.16. The summed E-state index contributed by atoms with van der Waals surface area (Å²) in [5.41, 5.74) is 1.97. The lowest BCUT2D eigenvalue weighted by molar-refractivity contribution is -0.0128. The van der Waals surface area contributed by atoms with Gasteiger partial charge in [0.25, 0.3) is 0 Å². The number of rotatable bonds is 9. The molecule has 1 heterocycles. The van der Waals surface area contributed by atoms with Gasteiger partial charge in [-0.25, -0.2) is 0 Å². The summed E-state index contributed by atoms with van der Waals surface area (Å²) in [5, 5.41) is 3.48. The third kappa shape index (κ3) is 5.57. The number of pyridine rings is 1. The summed E-state index contributed by atoms with van der Waals surface area (Å²) in [6.45, 7) is 6.25. The van der Waals surface area contributed by atoms with Crippen LogP contribution in [-0.4, -0.2) is 30.3 Å². The quantitative estimate of drug-likeness (QED) is 0.705. The van der Waals surface area contributed by atoms with E-state index in [9.17, 15) is 0 Å². The Kier molecular flexibility index (Phi) is 5.52. The van der Waals surface area contributed by atoms with Crippen LogP contribution in [0.3, 0.4) is 0 Å². The fourth-order valence-electron chi connectivity index (χ4n) is 1.84. The molecule has 1 N–H and O–H groups in total. The lowest BCUT2D eigenvalue weighted by Crippen LogP contribution is -2.24. The lowest BCUT2D eigenvalue weighted by Gasteiger charge is -2.22. The molecule has 0 unspecified atom stereocenters. The van der Waals surface area contributed by atoms with Crippen molar-refractivity contribution in [2.75, 3.05) is 13.7 Å². The van der Waals surface area contributed by atoms with Crippen molar-refractivity contribution in [3.05, 3.63) is 29.6 Å². The number of aromatic nitrogens is 1. The minimum atomic E-state index is -0.122. The molecule has 0 aliphatic heterocycles. The highest BCUT2D eigenvalue weighted by molar-refractivity contribution is 5.10. The molecule has 0 spiro atoms. The molecule has 0 radical (unpaired) electrons. The van der Waals surface area contributed by atoms with E-state index >= 15 is 0 Å². The molecule has 1 aromatic rings. The van der Waals surface area contributed by atoms with Crippen LogP contribution in [0.5, 0.6) is 0 Å². The molecule has 0 amide bonds. The van der Waals surface area contributed by atoms with E-state index < -0.39 is 0 Å². The van der Waals surface area contributed by atoms with Crippen LogP contribution in [0.4, 0.5) is 0 Å². The monoisotopic (exact) mass is 278 g/mol. The molecule has 1 aliphatic rings. The van der Waals surface area contributed by atoms with Crippen molar-refractivity contribution in [3.63, 3.8) is 0 Å². The second-order valence-electron chi connectivity index (χ2n) is 6.04. The average molecular weight is 278 g/mol. The number of ether oxygens (including phenoxy) is 2. The van der Waals surface area contributed by atoms with Gasteiger partial charge in [-0.2, -0.15) is 0 Å². The molecule has 112 valence electrons. The van der Waals surface area contributed by atoms with Gasteiger partial charge in [0.15, 0.2) is 0 Å². The molecule has 0 bridgehead atoms. The largest absolute Gasteiger partial charge is 0.379 e. The van der Waals surface area contributed by atoms with Gasteiger partial charge < -0.3 is 14.8 Å². The molecule has 4 heteroatoms. The van der Waals surface area contributed by atoms with Gasteiger partial charge in [-0.15, -0.1) is 0 Å². The van der Waals surface area contributed by atoms with Gasteiger partial charge in [0.1, 0.15) is 0 Å². The van der Waals surface area contributed by atoms with Gasteiger partial charge >= 0.3 is 0 Å². The number of hydrogen-bond acceptors (Lipinski definition) is 4. The van der Waals surface area contributed by atoms with E-state index in [2.05, 4.69) is 36.3 Å². The number of methoxy groups -OCH3 is 1. The number of nitrogens with one attached hydrogen (secondary N) is 1. The van der Waals surface area contributed by atoms with Gasteiger partial charge in [-0.1, -0.05) is 6.07 Å². The fourth-order valence-corrected chi connectivity index (χ4v) is 1.84. The summed E-state index contributed by atoms with van der Waals surface area (Å²) in [4.78, 5) is 4.61. The highest BCUT2D eigenvalue weighted by Gasteiger charge is 2.20. The maximum atomic E-state index is 5.69. The van der Waals surface area contributed by atoms with Crippen molar-refractivity contribution in [2.24, 2.45) is 0 Å². The summed E-state index contributed by atoms with van der Waals surface area (Å²) >= 11 is 0. The van der Waals surface area contributed by atoms with E-state index in [4.69, 9.17) is 9.47 Å². The molecular weight excluding hydrogens is 252 g/mol. The van der Waals surface area contributed by atoms with Gasteiger partial charge in [0, 0.05) is 26.3 Å². The highest BCUT2D eigenvalue weighted by atomic mass is 16.5. The Morgan fingerprint density at radius 3 is 2.75 bits per heavy atom. The van der Waals surface area contributed by atoms with Crippen LogP contribution >= 0.6 is 0 Å². The topological polar surface area (TPSA) is 43.4 Å². The Labute approximate surface area is 121 Å². The maximum Gasteiger partial charge on any atom is 0.0887 e. The Bertz CT molecular complexity index is 417. The van der Waals surface area contributed by atoms with Crippen molar-refractivity contribution >= 4 is 0 Å².